The number of aromatic nitrogens is 1. The number of pyridine rings is 1. The minimum atomic E-state index is -0.280. The summed E-state index contributed by atoms with van der Waals surface area (Å²) < 4.78 is 10.5. The van der Waals surface area contributed by atoms with Gasteiger partial charge in [-0.25, -0.2) is 4.98 Å². The third kappa shape index (κ3) is 3.89. The molecule has 0 bridgehead atoms. The van der Waals surface area contributed by atoms with Gasteiger partial charge in [-0.2, -0.15) is 0 Å². The molecule has 1 N–H and O–H groups in total. The molecule has 0 aliphatic carbocycles. The molecular weight excluding hydrogens is 330 g/mol. The smallest absolute Gasteiger partial charge is 0.255 e. The van der Waals surface area contributed by atoms with Gasteiger partial charge in [0.1, 0.15) is 11.0 Å². The molecule has 2 rings (SSSR count). The van der Waals surface area contributed by atoms with Gasteiger partial charge >= 0.3 is 0 Å². The first-order valence-corrected chi connectivity index (χ1v) is 7.62. The molecule has 0 spiro atoms. The molecule has 6 nitrogen and oxygen atoms in total. The Morgan fingerprint density at radius 3 is 2.33 bits per heavy atom. The number of nitrogens with one attached hydrogen (secondary N) is 1. The lowest BCUT2D eigenvalue weighted by Gasteiger charge is -2.15. The number of carbonyl (C=O) groups is 1. The molecule has 0 radical (unpaired) electrons. The van der Waals surface area contributed by atoms with E-state index in [0.29, 0.717) is 28.6 Å². The molecule has 1 amide bonds. The fraction of sp³-hybridized carbons (Fsp3) is 0.294. The van der Waals surface area contributed by atoms with Crippen LogP contribution in [-0.4, -0.2) is 39.2 Å². The highest BCUT2D eigenvalue weighted by molar-refractivity contribution is 6.30. The number of aryl methyl sites for hydroxylation is 1. The Morgan fingerprint density at radius 2 is 1.75 bits per heavy atom. The summed E-state index contributed by atoms with van der Waals surface area (Å²) in [6.07, 6.45) is 0. The Labute approximate surface area is 146 Å². The van der Waals surface area contributed by atoms with Crippen LogP contribution in [0.3, 0.4) is 0 Å². The Balaban J connectivity index is 2.33. The van der Waals surface area contributed by atoms with Crippen molar-refractivity contribution in [3.63, 3.8) is 0 Å². The molecular formula is C17H20ClN3O3. The summed E-state index contributed by atoms with van der Waals surface area (Å²) in [7, 11) is 6.78. The molecule has 0 unspecified atom stereocenters. The predicted octanol–water partition coefficient (Wildman–Crippen LogP) is 3.38. The van der Waals surface area contributed by atoms with Gasteiger partial charge in [0.25, 0.3) is 5.91 Å². The normalized spacial score (nSPS) is 10.2. The first-order chi connectivity index (χ1) is 11.3. The highest BCUT2D eigenvalue weighted by Gasteiger charge is 2.14. The number of benzene rings is 1. The van der Waals surface area contributed by atoms with E-state index in [1.807, 2.05) is 21.0 Å². The largest absolute Gasteiger partial charge is 0.493 e. The molecule has 7 heteroatoms. The number of rotatable bonds is 5. The van der Waals surface area contributed by atoms with Crippen molar-refractivity contribution in [1.29, 1.82) is 0 Å². The number of nitrogens with zero attached hydrogens (tertiary/aromatic N) is 2. The van der Waals surface area contributed by atoms with Gasteiger partial charge in [0.15, 0.2) is 11.5 Å². The molecule has 1 aromatic carbocycles. The van der Waals surface area contributed by atoms with Crippen LogP contribution in [0, 0.1) is 6.92 Å². The number of hydrogen-bond donors (Lipinski definition) is 1. The van der Waals surface area contributed by atoms with Crippen LogP contribution >= 0.6 is 11.6 Å². The zero-order chi connectivity index (χ0) is 17.9. The highest BCUT2D eigenvalue weighted by atomic mass is 35.5. The summed E-state index contributed by atoms with van der Waals surface area (Å²) in [5.41, 5.74) is 1.92. The molecule has 0 atom stereocenters. The first kappa shape index (κ1) is 17.9. The van der Waals surface area contributed by atoms with E-state index in [1.54, 1.807) is 37.3 Å². The van der Waals surface area contributed by atoms with Gasteiger partial charge in [-0.1, -0.05) is 11.6 Å². The lowest BCUT2D eigenvalue weighted by molar-refractivity contribution is 0.102. The van der Waals surface area contributed by atoms with E-state index in [-0.39, 0.29) is 11.1 Å². The molecule has 1 heterocycles. The predicted molar refractivity (Wildman–Crippen MR) is 95.8 cm³/mol. The lowest BCUT2D eigenvalue weighted by atomic mass is 10.1. The van der Waals surface area contributed by atoms with Gasteiger partial charge in [0.05, 0.1) is 14.2 Å². The van der Waals surface area contributed by atoms with Gasteiger partial charge in [-0.05, 0) is 30.7 Å². The van der Waals surface area contributed by atoms with Crippen molar-refractivity contribution >= 4 is 29.0 Å². The minimum Gasteiger partial charge on any atom is -0.493 e. The van der Waals surface area contributed by atoms with E-state index in [4.69, 9.17) is 21.1 Å². The molecule has 24 heavy (non-hydrogen) atoms. The molecule has 2 aromatic rings. The molecule has 128 valence electrons. The van der Waals surface area contributed by atoms with E-state index in [2.05, 4.69) is 10.3 Å². The average Bonchev–Trinajstić information content (AvgIpc) is 2.55. The SMILES string of the molecule is COc1cc(C)c(NC(=O)c2cc(Cl)nc(N(C)C)c2)cc1OC. The third-order valence-electron chi connectivity index (χ3n) is 3.48. The Morgan fingerprint density at radius 1 is 1.12 bits per heavy atom. The van der Waals surface area contributed by atoms with Crippen LogP contribution in [0.4, 0.5) is 11.5 Å². The topological polar surface area (TPSA) is 63.7 Å². The van der Waals surface area contributed by atoms with Crippen LogP contribution in [0.1, 0.15) is 15.9 Å². The van der Waals surface area contributed by atoms with Crippen LogP contribution in [-0.2, 0) is 0 Å². The summed E-state index contributed by atoms with van der Waals surface area (Å²) in [6, 6.07) is 6.73. The molecule has 0 fully saturated rings. The van der Waals surface area contributed by atoms with Crippen molar-refractivity contribution in [3.05, 3.63) is 40.5 Å². The van der Waals surface area contributed by atoms with Gasteiger partial charge in [-0.3, -0.25) is 4.79 Å². The monoisotopic (exact) mass is 349 g/mol. The maximum atomic E-state index is 12.6. The van der Waals surface area contributed by atoms with E-state index in [9.17, 15) is 4.79 Å². The lowest BCUT2D eigenvalue weighted by Crippen LogP contribution is -2.16. The maximum Gasteiger partial charge on any atom is 0.255 e. The van der Waals surface area contributed by atoms with E-state index in [0.717, 1.165) is 5.56 Å². The van der Waals surface area contributed by atoms with Gasteiger partial charge in [0, 0.05) is 31.4 Å². The molecule has 0 saturated carbocycles. The van der Waals surface area contributed by atoms with Crippen molar-refractivity contribution in [3.8, 4) is 11.5 Å². The molecule has 0 saturated heterocycles. The Hall–Kier alpha value is -2.47. The maximum absolute atomic E-state index is 12.6. The summed E-state index contributed by atoms with van der Waals surface area (Å²) in [4.78, 5) is 18.5. The number of amides is 1. The third-order valence-corrected chi connectivity index (χ3v) is 3.67. The zero-order valence-electron chi connectivity index (χ0n) is 14.3. The van der Waals surface area contributed by atoms with Crippen molar-refractivity contribution in [2.75, 3.05) is 38.5 Å². The van der Waals surface area contributed by atoms with Crippen molar-refractivity contribution in [2.24, 2.45) is 0 Å². The summed E-state index contributed by atoms with van der Waals surface area (Å²) in [5.74, 6) is 1.48. The fourth-order valence-electron chi connectivity index (χ4n) is 2.15. The first-order valence-electron chi connectivity index (χ1n) is 7.24. The van der Waals surface area contributed by atoms with E-state index in [1.165, 1.54) is 6.07 Å². The van der Waals surface area contributed by atoms with Gasteiger partial charge in [-0.15, -0.1) is 0 Å². The Bertz CT molecular complexity index is 763. The van der Waals surface area contributed by atoms with Crippen LogP contribution in [0.25, 0.3) is 0 Å². The molecule has 0 aliphatic heterocycles. The van der Waals surface area contributed by atoms with Gasteiger partial charge < -0.3 is 19.7 Å². The Kier molecular flexibility index (Phi) is 5.51. The van der Waals surface area contributed by atoms with E-state index >= 15 is 0 Å². The van der Waals surface area contributed by atoms with Crippen LogP contribution in [0.15, 0.2) is 24.3 Å². The average molecular weight is 350 g/mol. The second-order valence-electron chi connectivity index (χ2n) is 5.41. The van der Waals surface area contributed by atoms with E-state index < -0.39 is 0 Å². The van der Waals surface area contributed by atoms with Crippen molar-refractivity contribution < 1.29 is 14.3 Å². The number of anilines is 2. The molecule has 0 aliphatic rings. The molecule has 1 aromatic heterocycles. The second kappa shape index (κ2) is 7.40. The van der Waals surface area contributed by atoms with Crippen LogP contribution in [0.5, 0.6) is 11.5 Å². The fourth-order valence-corrected chi connectivity index (χ4v) is 2.36. The van der Waals surface area contributed by atoms with Gasteiger partial charge in [0.2, 0.25) is 0 Å². The van der Waals surface area contributed by atoms with Crippen molar-refractivity contribution in [1.82, 2.24) is 4.98 Å². The quantitative estimate of drug-likeness (QED) is 0.838. The number of carbonyl (C=O) groups excluding carboxylic acids is 1. The number of methoxy groups -OCH3 is 2. The van der Waals surface area contributed by atoms with Crippen LogP contribution < -0.4 is 19.7 Å². The van der Waals surface area contributed by atoms with Crippen LogP contribution in [0.2, 0.25) is 5.15 Å². The summed E-state index contributed by atoms with van der Waals surface area (Å²) in [6.45, 7) is 1.88. The zero-order valence-corrected chi connectivity index (χ0v) is 15.1. The number of halogens is 1. The summed E-state index contributed by atoms with van der Waals surface area (Å²) in [5, 5.41) is 3.13. The minimum absolute atomic E-state index is 0.260. The van der Waals surface area contributed by atoms with Crippen molar-refractivity contribution in [2.45, 2.75) is 6.92 Å². The number of hydrogen-bond acceptors (Lipinski definition) is 5. The second-order valence-corrected chi connectivity index (χ2v) is 5.79. The number of ether oxygens (including phenoxy) is 2. The standard InChI is InChI=1S/C17H20ClN3O3/c1-10-6-13(23-4)14(24-5)9-12(10)19-17(22)11-7-15(18)20-16(8-11)21(2)3/h6-9H,1-5H3,(H,19,22). The highest BCUT2D eigenvalue weighted by Crippen LogP contribution is 2.33. The summed E-state index contributed by atoms with van der Waals surface area (Å²) >= 11 is 6.01.